The highest BCUT2D eigenvalue weighted by Crippen LogP contribution is 2.27. The molecule has 4 aromatic rings. The monoisotopic (exact) mass is 412 g/mol. The van der Waals surface area contributed by atoms with Crippen molar-refractivity contribution in [3.8, 4) is 11.4 Å². The molecule has 0 fully saturated rings. The maximum absolute atomic E-state index is 12.1. The lowest BCUT2D eigenvalue weighted by molar-refractivity contribution is 0.687. The first-order valence-corrected chi connectivity index (χ1v) is 10.7. The average molecular weight is 413 g/mol. The second-order valence-corrected chi connectivity index (χ2v) is 8.24. The molecule has 4 rings (SSSR count). The van der Waals surface area contributed by atoms with Gasteiger partial charge in [-0.25, -0.2) is 4.98 Å². The van der Waals surface area contributed by atoms with E-state index in [1.54, 1.807) is 28.4 Å². The van der Waals surface area contributed by atoms with Crippen LogP contribution in [0.3, 0.4) is 0 Å². The Morgan fingerprint density at radius 1 is 1.18 bits per heavy atom. The lowest BCUT2D eigenvalue weighted by atomic mass is 10.2. The second kappa shape index (κ2) is 7.76. The van der Waals surface area contributed by atoms with Crippen molar-refractivity contribution in [3.05, 3.63) is 58.0 Å². The van der Waals surface area contributed by atoms with Gasteiger partial charge in [-0.3, -0.25) is 9.20 Å². The normalized spacial score (nSPS) is 11.2. The molecule has 0 saturated carbocycles. The van der Waals surface area contributed by atoms with Crippen molar-refractivity contribution in [1.29, 1.82) is 0 Å². The van der Waals surface area contributed by atoms with Gasteiger partial charge in [0, 0.05) is 55.3 Å². The van der Waals surface area contributed by atoms with E-state index < -0.39 is 0 Å². The summed E-state index contributed by atoms with van der Waals surface area (Å²) in [6.45, 7) is 2.84. The van der Waals surface area contributed by atoms with E-state index in [2.05, 4.69) is 55.8 Å². The Balaban J connectivity index is 1.57. The van der Waals surface area contributed by atoms with E-state index in [9.17, 15) is 4.79 Å². The number of nitrogens with zero attached hydrogens (tertiary/aromatic N) is 6. The van der Waals surface area contributed by atoms with Crippen LogP contribution in [0.1, 0.15) is 12.6 Å². The smallest absolute Gasteiger partial charge is 0.258 e. The zero-order valence-corrected chi connectivity index (χ0v) is 17.5. The lowest BCUT2D eigenvalue weighted by Crippen LogP contribution is -2.12. The molecule has 0 aliphatic rings. The van der Waals surface area contributed by atoms with Crippen LogP contribution in [0.5, 0.6) is 0 Å². The molecule has 3 aromatic heterocycles. The Labute approximate surface area is 170 Å². The van der Waals surface area contributed by atoms with E-state index in [0.29, 0.717) is 10.7 Å². The lowest BCUT2D eigenvalue weighted by Gasteiger charge is -2.13. The molecule has 3 heterocycles. The van der Waals surface area contributed by atoms with Crippen molar-refractivity contribution >= 4 is 33.7 Å². The molecule has 0 saturated heterocycles. The maximum Gasteiger partial charge on any atom is 0.258 e. The molecule has 0 N–H and O–H groups in total. The molecule has 144 valence electrons. The number of rotatable bonds is 6. The third-order valence-electron chi connectivity index (χ3n) is 4.38. The molecular formula is C19H20N6OS2. The van der Waals surface area contributed by atoms with Crippen LogP contribution in [0.2, 0.25) is 0 Å². The Morgan fingerprint density at radius 3 is 2.68 bits per heavy atom. The predicted octanol–water partition coefficient (Wildman–Crippen LogP) is 3.39. The first-order chi connectivity index (χ1) is 13.6. The van der Waals surface area contributed by atoms with E-state index in [4.69, 9.17) is 0 Å². The third kappa shape index (κ3) is 3.55. The fourth-order valence-corrected chi connectivity index (χ4v) is 4.54. The quantitative estimate of drug-likeness (QED) is 0.452. The minimum Gasteiger partial charge on any atom is -0.378 e. The van der Waals surface area contributed by atoms with E-state index in [0.717, 1.165) is 34.5 Å². The zero-order valence-electron chi connectivity index (χ0n) is 15.9. The van der Waals surface area contributed by atoms with Gasteiger partial charge in [0.15, 0.2) is 15.9 Å². The van der Waals surface area contributed by atoms with E-state index in [1.807, 2.05) is 19.5 Å². The predicted molar refractivity (Wildman–Crippen MR) is 114 cm³/mol. The zero-order chi connectivity index (χ0) is 19.7. The molecule has 0 unspecified atom stereocenters. The molecule has 7 nitrogen and oxygen atoms in total. The molecule has 1 aromatic carbocycles. The van der Waals surface area contributed by atoms with Gasteiger partial charge in [-0.2, -0.15) is 0 Å². The first-order valence-electron chi connectivity index (χ1n) is 8.86. The van der Waals surface area contributed by atoms with Gasteiger partial charge in [-0.1, -0.05) is 11.8 Å². The van der Waals surface area contributed by atoms with Gasteiger partial charge < -0.3 is 9.47 Å². The number of hydrogen-bond donors (Lipinski definition) is 0. The number of anilines is 1. The van der Waals surface area contributed by atoms with Crippen molar-refractivity contribution in [2.24, 2.45) is 0 Å². The van der Waals surface area contributed by atoms with Crippen molar-refractivity contribution in [3.63, 3.8) is 0 Å². The van der Waals surface area contributed by atoms with Crippen molar-refractivity contribution in [2.75, 3.05) is 19.0 Å². The summed E-state index contributed by atoms with van der Waals surface area (Å²) in [5.74, 6) is 1.42. The van der Waals surface area contributed by atoms with Gasteiger partial charge in [0.25, 0.3) is 5.56 Å². The number of benzene rings is 1. The van der Waals surface area contributed by atoms with Crippen LogP contribution in [0, 0.1) is 0 Å². The standard InChI is InChI=1S/C19H20N6OS2/c1-4-24-17(13-5-7-15(8-6-13)23(2)3)21-22-19(24)28-12-14-11-16(26)25-9-10-27-18(25)20-14/h5-11H,4,12H2,1-3H3. The summed E-state index contributed by atoms with van der Waals surface area (Å²) in [5, 5.41) is 11.5. The Morgan fingerprint density at radius 2 is 1.96 bits per heavy atom. The highest BCUT2D eigenvalue weighted by atomic mass is 32.2. The summed E-state index contributed by atoms with van der Waals surface area (Å²) in [6, 6.07) is 9.86. The van der Waals surface area contributed by atoms with E-state index >= 15 is 0 Å². The summed E-state index contributed by atoms with van der Waals surface area (Å²) in [7, 11) is 4.04. The van der Waals surface area contributed by atoms with Gasteiger partial charge in [0.2, 0.25) is 0 Å². The molecule has 0 radical (unpaired) electrons. The molecular weight excluding hydrogens is 392 g/mol. The maximum atomic E-state index is 12.1. The van der Waals surface area contributed by atoms with Crippen LogP contribution in [0.15, 0.2) is 51.9 Å². The number of aromatic nitrogens is 5. The summed E-state index contributed by atoms with van der Waals surface area (Å²) in [4.78, 5) is 19.5. The number of thioether (sulfide) groups is 1. The summed E-state index contributed by atoms with van der Waals surface area (Å²) < 4.78 is 3.65. The molecule has 0 spiro atoms. The van der Waals surface area contributed by atoms with E-state index in [1.165, 1.54) is 11.3 Å². The number of thiazole rings is 1. The van der Waals surface area contributed by atoms with Gasteiger partial charge in [-0.15, -0.1) is 21.5 Å². The molecule has 28 heavy (non-hydrogen) atoms. The van der Waals surface area contributed by atoms with Gasteiger partial charge in [0.1, 0.15) is 0 Å². The second-order valence-electron chi connectivity index (χ2n) is 6.42. The molecule has 0 aliphatic carbocycles. The molecule has 0 bridgehead atoms. The van der Waals surface area contributed by atoms with Crippen LogP contribution < -0.4 is 10.5 Å². The summed E-state index contributed by atoms with van der Waals surface area (Å²) >= 11 is 3.00. The SMILES string of the molecule is CCn1c(SCc2cc(=O)n3ccsc3n2)nnc1-c1ccc(N(C)C)cc1. The largest absolute Gasteiger partial charge is 0.378 e. The Hall–Kier alpha value is -2.65. The average Bonchev–Trinajstić information content (AvgIpc) is 3.33. The minimum absolute atomic E-state index is 0.0551. The number of hydrogen-bond acceptors (Lipinski definition) is 7. The van der Waals surface area contributed by atoms with Gasteiger partial charge in [0.05, 0.1) is 5.69 Å². The molecule has 9 heteroatoms. The topological polar surface area (TPSA) is 68.3 Å². The molecule has 0 amide bonds. The summed E-state index contributed by atoms with van der Waals surface area (Å²) in [6.07, 6.45) is 1.74. The Bertz CT molecular complexity index is 1160. The van der Waals surface area contributed by atoms with Crippen LogP contribution in [0.25, 0.3) is 16.3 Å². The fourth-order valence-electron chi connectivity index (χ4n) is 2.90. The van der Waals surface area contributed by atoms with Crippen LogP contribution >= 0.6 is 23.1 Å². The van der Waals surface area contributed by atoms with E-state index in [-0.39, 0.29) is 5.56 Å². The van der Waals surface area contributed by atoms with Crippen LogP contribution in [0.4, 0.5) is 5.69 Å². The van der Waals surface area contributed by atoms with Crippen molar-refractivity contribution < 1.29 is 0 Å². The van der Waals surface area contributed by atoms with Crippen LogP contribution in [-0.4, -0.2) is 38.2 Å². The van der Waals surface area contributed by atoms with Gasteiger partial charge >= 0.3 is 0 Å². The first kappa shape index (κ1) is 18.7. The van der Waals surface area contributed by atoms with Crippen molar-refractivity contribution in [1.82, 2.24) is 24.1 Å². The molecule has 0 atom stereocenters. The Kier molecular flexibility index (Phi) is 5.19. The van der Waals surface area contributed by atoms with Crippen LogP contribution in [-0.2, 0) is 12.3 Å². The molecule has 0 aliphatic heterocycles. The number of fused-ring (bicyclic) bond motifs is 1. The highest BCUT2D eigenvalue weighted by Gasteiger charge is 2.14. The van der Waals surface area contributed by atoms with Gasteiger partial charge in [-0.05, 0) is 31.2 Å². The summed E-state index contributed by atoms with van der Waals surface area (Å²) in [5.41, 5.74) is 2.87. The fraction of sp³-hybridized carbons (Fsp3) is 0.263. The third-order valence-corrected chi connectivity index (χ3v) is 6.14. The highest BCUT2D eigenvalue weighted by molar-refractivity contribution is 7.98. The van der Waals surface area contributed by atoms with Crippen molar-refractivity contribution in [2.45, 2.75) is 24.4 Å². The minimum atomic E-state index is -0.0551.